The van der Waals surface area contributed by atoms with Gasteiger partial charge < -0.3 is 15.4 Å². The van der Waals surface area contributed by atoms with E-state index in [2.05, 4.69) is 59.6 Å². The lowest BCUT2D eigenvalue weighted by molar-refractivity contribution is 0.247. The summed E-state index contributed by atoms with van der Waals surface area (Å²) in [6.07, 6.45) is 3.62. The molecule has 1 aliphatic carbocycles. The Morgan fingerprint density at radius 1 is 1.38 bits per heavy atom. The third-order valence-corrected chi connectivity index (χ3v) is 4.79. The molecule has 2 rings (SSSR count). The quantitative estimate of drug-likeness (QED) is 0.566. The lowest BCUT2D eigenvalue weighted by Gasteiger charge is -2.25. The van der Waals surface area contributed by atoms with Crippen LogP contribution in [0.3, 0.4) is 0 Å². The minimum atomic E-state index is 0.511. The van der Waals surface area contributed by atoms with Crippen LogP contribution in [0.5, 0.6) is 5.75 Å². The number of nitrogens with one attached hydrogen (secondary N) is 2. The highest BCUT2D eigenvalue weighted by Crippen LogP contribution is 2.26. The first kappa shape index (κ1) is 18.6. The number of benzene rings is 1. The van der Waals surface area contributed by atoms with E-state index in [0.29, 0.717) is 6.04 Å². The predicted molar refractivity (Wildman–Crippen MR) is 101 cm³/mol. The van der Waals surface area contributed by atoms with Gasteiger partial charge in [-0.2, -0.15) is 0 Å². The van der Waals surface area contributed by atoms with Crippen molar-refractivity contribution in [1.82, 2.24) is 15.5 Å². The molecule has 1 saturated carbocycles. The number of likely N-dealkylation sites (N-methyl/N-ethyl adjacent to an activating group) is 1. The van der Waals surface area contributed by atoms with Crippen LogP contribution >= 0.6 is 0 Å². The second kappa shape index (κ2) is 8.92. The van der Waals surface area contributed by atoms with Crippen molar-refractivity contribution in [3.8, 4) is 5.75 Å². The summed E-state index contributed by atoms with van der Waals surface area (Å²) in [5, 5.41) is 6.81. The number of rotatable bonds is 8. The van der Waals surface area contributed by atoms with E-state index in [1.807, 2.05) is 7.05 Å². The van der Waals surface area contributed by atoms with Gasteiger partial charge in [0, 0.05) is 32.2 Å². The molecule has 1 aliphatic rings. The minimum absolute atomic E-state index is 0.511. The molecule has 0 saturated heterocycles. The Morgan fingerprint density at radius 2 is 2.12 bits per heavy atom. The standard InChI is InChI=1S/C19H32N4O/c1-14-6-7-16(12-18(14)24-5)10-11-21-19(20-3)22-13-15(2)23(4)17-8-9-17/h6-7,12,15,17H,8-11,13H2,1-5H3,(H2,20,21,22). The Labute approximate surface area is 146 Å². The minimum Gasteiger partial charge on any atom is -0.496 e. The van der Waals surface area contributed by atoms with E-state index in [4.69, 9.17) is 4.74 Å². The van der Waals surface area contributed by atoms with Crippen molar-refractivity contribution in [3.05, 3.63) is 29.3 Å². The number of aryl methyl sites for hydroxylation is 1. The zero-order chi connectivity index (χ0) is 17.5. The van der Waals surface area contributed by atoms with Crippen LogP contribution in [0.15, 0.2) is 23.2 Å². The van der Waals surface area contributed by atoms with Gasteiger partial charge in [0.2, 0.25) is 0 Å². The molecule has 0 radical (unpaired) electrons. The fourth-order valence-electron chi connectivity index (χ4n) is 2.80. The van der Waals surface area contributed by atoms with Crippen molar-refractivity contribution in [2.24, 2.45) is 4.99 Å². The fraction of sp³-hybridized carbons (Fsp3) is 0.632. The van der Waals surface area contributed by atoms with Crippen LogP contribution in [0.4, 0.5) is 0 Å². The van der Waals surface area contributed by atoms with E-state index >= 15 is 0 Å². The number of nitrogens with zero attached hydrogens (tertiary/aromatic N) is 2. The first-order valence-corrected chi connectivity index (χ1v) is 8.85. The summed E-state index contributed by atoms with van der Waals surface area (Å²) in [7, 11) is 5.75. The third-order valence-electron chi connectivity index (χ3n) is 4.79. The largest absolute Gasteiger partial charge is 0.496 e. The molecule has 1 aromatic rings. The highest BCUT2D eigenvalue weighted by Gasteiger charge is 2.28. The number of hydrogen-bond donors (Lipinski definition) is 2. The molecule has 1 unspecified atom stereocenters. The topological polar surface area (TPSA) is 48.9 Å². The van der Waals surface area contributed by atoms with Gasteiger partial charge in [-0.25, -0.2) is 0 Å². The smallest absolute Gasteiger partial charge is 0.191 e. The van der Waals surface area contributed by atoms with Gasteiger partial charge in [0.25, 0.3) is 0 Å². The first-order valence-electron chi connectivity index (χ1n) is 8.85. The number of methoxy groups -OCH3 is 1. The van der Waals surface area contributed by atoms with Gasteiger partial charge in [-0.05, 0) is 57.4 Å². The molecule has 134 valence electrons. The molecule has 0 aromatic heterocycles. The highest BCUT2D eigenvalue weighted by molar-refractivity contribution is 5.79. The fourth-order valence-corrected chi connectivity index (χ4v) is 2.80. The summed E-state index contributed by atoms with van der Waals surface area (Å²) in [4.78, 5) is 6.77. The second-order valence-corrected chi connectivity index (χ2v) is 6.68. The SMILES string of the molecule is CN=C(NCCc1ccc(C)c(OC)c1)NCC(C)N(C)C1CC1. The van der Waals surface area contributed by atoms with Gasteiger partial charge in [0.05, 0.1) is 7.11 Å². The number of guanidine groups is 1. The molecule has 24 heavy (non-hydrogen) atoms. The zero-order valence-electron chi connectivity index (χ0n) is 15.7. The van der Waals surface area contributed by atoms with Gasteiger partial charge in [-0.3, -0.25) is 9.89 Å². The maximum atomic E-state index is 5.38. The summed E-state index contributed by atoms with van der Waals surface area (Å²) in [6.45, 7) is 6.08. The molecule has 5 heteroatoms. The molecule has 1 aromatic carbocycles. The molecule has 5 nitrogen and oxygen atoms in total. The lowest BCUT2D eigenvalue weighted by atomic mass is 10.1. The van der Waals surface area contributed by atoms with Crippen molar-refractivity contribution >= 4 is 5.96 Å². The van der Waals surface area contributed by atoms with Crippen molar-refractivity contribution in [1.29, 1.82) is 0 Å². The maximum Gasteiger partial charge on any atom is 0.191 e. The van der Waals surface area contributed by atoms with Crippen molar-refractivity contribution in [2.75, 3.05) is 34.3 Å². The summed E-state index contributed by atoms with van der Waals surface area (Å²) in [6, 6.07) is 7.67. The molecule has 0 bridgehead atoms. The normalized spacial score (nSPS) is 16.2. The number of ether oxygens (including phenoxy) is 1. The molecule has 0 aliphatic heterocycles. The van der Waals surface area contributed by atoms with Gasteiger partial charge >= 0.3 is 0 Å². The van der Waals surface area contributed by atoms with Gasteiger partial charge in [-0.15, -0.1) is 0 Å². The van der Waals surface area contributed by atoms with Crippen molar-refractivity contribution < 1.29 is 4.74 Å². The highest BCUT2D eigenvalue weighted by atomic mass is 16.5. The summed E-state index contributed by atoms with van der Waals surface area (Å²) in [5.74, 6) is 1.82. The monoisotopic (exact) mass is 332 g/mol. The Morgan fingerprint density at radius 3 is 2.75 bits per heavy atom. The van der Waals surface area contributed by atoms with Crippen LogP contribution in [0.25, 0.3) is 0 Å². The van der Waals surface area contributed by atoms with Gasteiger partial charge in [-0.1, -0.05) is 12.1 Å². The Hall–Kier alpha value is -1.75. The average molecular weight is 332 g/mol. The molecule has 0 heterocycles. The molecule has 1 atom stereocenters. The predicted octanol–water partition coefficient (Wildman–Crippen LogP) is 2.19. The third kappa shape index (κ3) is 5.41. The maximum absolute atomic E-state index is 5.38. The van der Waals surface area contributed by atoms with E-state index in [-0.39, 0.29) is 0 Å². The van der Waals surface area contributed by atoms with Gasteiger partial charge in [0.1, 0.15) is 5.75 Å². The summed E-state index contributed by atoms with van der Waals surface area (Å²) < 4.78 is 5.38. The van der Waals surface area contributed by atoms with Crippen molar-refractivity contribution in [3.63, 3.8) is 0 Å². The van der Waals surface area contributed by atoms with E-state index in [9.17, 15) is 0 Å². The van der Waals surface area contributed by atoms with E-state index in [1.165, 1.54) is 24.0 Å². The Balaban J connectivity index is 1.73. The van der Waals surface area contributed by atoms with Crippen LogP contribution in [0.2, 0.25) is 0 Å². The van der Waals surface area contributed by atoms with Gasteiger partial charge in [0.15, 0.2) is 5.96 Å². The van der Waals surface area contributed by atoms with E-state index in [0.717, 1.165) is 37.3 Å². The Kier molecular flexibility index (Phi) is 6.91. The zero-order valence-corrected chi connectivity index (χ0v) is 15.7. The van der Waals surface area contributed by atoms with Crippen LogP contribution in [0, 0.1) is 6.92 Å². The van der Waals surface area contributed by atoms with Crippen LogP contribution < -0.4 is 15.4 Å². The molecule has 1 fully saturated rings. The molecule has 0 amide bonds. The van der Waals surface area contributed by atoms with E-state index in [1.54, 1.807) is 7.11 Å². The number of aliphatic imine (C=N–C) groups is 1. The van der Waals surface area contributed by atoms with Crippen molar-refractivity contribution in [2.45, 2.75) is 45.2 Å². The molecular weight excluding hydrogens is 300 g/mol. The van der Waals surface area contributed by atoms with Crippen LogP contribution in [-0.2, 0) is 6.42 Å². The average Bonchev–Trinajstić information content (AvgIpc) is 3.43. The van der Waals surface area contributed by atoms with Crippen LogP contribution in [0.1, 0.15) is 30.9 Å². The van der Waals surface area contributed by atoms with E-state index < -0.39 is 0 Å². The molecule has 0 spiro atoms. The summed E-state index contributed by atoms with van der Waals surface area (Å²) in [5.41, 5.74) is 2.43. The van der Waals surface area contributed by atoms with Crippen LogP contribution in [-0.4, -0.2) is 57.2 Å². The Bertz CT molecular complexity index is 554. The number of hydrogen-bond acceptors (Lipinski definition) is 3. The second-order valence-electron chi connectivity index (χ2n) is 6.68. The first-order chi connectivity index (χ1) is 11.5. The lowest BCUT2D eigenvalue weighted by Crippen LogP contribution is -2.45. The molecule has 2 N–H and O–H groups in total. The molecular formula is C19H32N4O. The summed E-state index contributed by atoms with van der Waals surface area (Å²) >= 11 is 0.